The molecule has 1 aromatic carbocycles. The van der Waals surface area contributed by atoms with Crippen LogP contribution in [-0.2, 0) is 10.0 Å². The standard InChI is InChI=1S/C15H21N5O3S/c1-12-16-8-10-20(12)14-6-4-13(5-7-14)18-15(21)17-9-11-24(22,23)19(2)3/h4-8,10H,9,11H2,1-3H3,(H2,17,18,21). The van der Waals surface area contributed by atoms with Crippen LogP contribution in [0.5, 0.6) is 0 Å². The number of nitrogens with zero attached hydrogens (tertiary/aromatic N) is 3. The van der Waals surface area contributed by atoms with Gasteiger partial charge in [-0.1, -0.05) is 0 Å². The molecule has 0 aliphatic carbocycles. The van der Waals surface area contributed by atoms with Crippen LogP contribution >= 0.6 is 0 Å². The van der Waals surface area contributed by atoms with Gasteiger partial charge in [0, 0.05) is 44.4 Å². The van der Waals surface area contributed by atoms with E-state index in [-0.39, 0.29) is 12.3 Å². The van der Waals surface area contributed by atoms with Crippen molar-refractivity contribution in [2.24, 2.45) is 0 Å². The molecule has 130 valence electrons. The topological polar surface area (TPSA) is 96.3 Å². The SMILES string of the molecule is Cc1nccn1-c1ccc(NC(=O)NCCS(=O)(=O)N(C)C)cc1. The van der Waals surface area contributed by atoms with Gasteiger partial charge in [0.2, 0.25) is 10.0 Å². The summed E-state index contributed by atoms with van der Waals surface area (Å²) in [7, 11) is -0.405. The Bertz CT molecular complexity index is 797. The molecule has 0 unspecified atom stereocenters. The quantitative estimate of drug-likeness (QED) is 0.817. The van der Waals surface area contributed by atoms with Crippen LogP contribution in [0.4, 0.5) is 10.5 Å². The number of hydrogen-bond acceptors (Lipinski definition) is 4. The average Bonchev–Trinajstić information content (AvgIpc) is 2.94. The molecule has 2 aromatic rings. The maximum Gasteiger partial charge on any atom is 0.319 e. The highest BCUT2D eigenvalue weighted by Gasteiger charge is 2.13. The lowest BCUT2D eigenvalue weighted by molar-refractivity contribution is 0.252. The number of benzene rings is 1. The summed E-state index contributed by atoms with van der Waals surface area (Å²) in [5, 5.41) is 5.18. The minimum absolute atomic E-state index is 0.0403. The lowest BCUT2D eigenvalue weighted by Gasteiger charge is -2.12. The van der Waals surface area contributed by atoms with Crippen LogP contribution in [0.3, 0.4) is 0 Å². The minimum atomic E-state index is -3.32. The van der Waals surface area contributed by atoms with Crippen LogP contribution in [0.25, 0.3) is 5.69 Å². The molecule has 0 aliphatic heterocycles. The number of sulfonamides is 1. The monoisotopic (exact) mass is 351 g/mol. The number of aromatic nitrogens is 2. The molecule has 0 saturated heterocycles. The molecule has 1 heterocycles. The van der Waals surface area contributed by atoms with Gasteiger partial charge in [-0.15, -0.1) is 0 Å². The van der Waals surface area contributed by atoms with E-state index in [4.69, 9.17) is 0 Å². The summed E-state index contributed by atoms with van der Waals surface area (Å²) >= 11 is 0. The van der Waals surface area contributed by atoms with Gasteiger partial charge >= 0.3 is 6.03 Å². The summed E-state index contributed by atoms with van der Waals surface area (Å²) in [6.45, 7) is 1.94. The van der Waals surface area contributed by atoms with Crippen LogP contribution in [0.2, 0.25) is 0 Å². The first-order chi connectivity index (χ1) is 11.3. The Morgan fingerprint density at radius 2 is 1.92 bits per heavy atom. The molecule has 1 aromatic heterocycles. The van der Waals surface area contributed by atoms with E-state index in [9.17, 15) is 13.2 Å². The smallest absolute Gasteiger partial charge is 0.319 e. The third kappa shape index (κ3) is 4.56. The van der Waals surface area contributed by atoms with Gasteiger partial charge in [-0.3, -0.25) is 0 Å². The predicted molar refractivity (Wildman–Crippen MR) is 92.8 cm³/mol. The highest BCUT2D eigenvalue weighted by Crippen LogP contribution is 2.14. The highest BCUT2D eigenvalue weighted by atomic mass is 32.2. The summed E-state index contributed by atoms with van der Waals surface area (Å²) in [5.74, 6) is 0.724. The van der Waals surface area contributed by atoms with Crippen molar-refractivity contribution < 1.29 is 13.2 Å². The molecule has 2 amide bonds. The molecule has 2 rings (SSSR count). The van der Waals surface area contributed by atoms with Crippen molar-refractivity contribution in [2.75, 3.05) is 31.7 Å². The Morgan fingerprint density at radius 1 is 1.25 bits per heavy atom. The van der Waals surface area contributed by atoms with Crippen LogP contribution in [0, 0.1) is 6.92 Å². The van der Waals surface area contributed by atoms with Gasteiger partial charge in [-0.25, -0.2) is 22.5 Å². The van der Waals surface area contributed by atoms with Gasteiger partial charge in [0.15, 0.2) is 0 Å². The summed E-state index contributed by atoms with van der Waals surface area (Å²) in [6, 6.07) is 6.81. The average molecular weight is 351 g/mol. The Kier molecular flexibility index (Phi) is 5.58. The fraction of sp³-hybridized carbons (Fsp3) is 0.333. The maximum atomic E-state index is 11.8. The van der Waals surface area contributed by atoms with Gasteiger partial charge in [-0.2, -0.15) is 0 Å². The Morgan fingerprint density at radius 3 is 2.46 bits per heavy atom. The third-order valence-corrected chi connectivity index (χ3v) is 5.26. The number of hydrogen-bond donors (Lipinski definition) is 2. The van der Waals surface area contributed by atoms with E-state index in [1.54, 1.807) is 18.3 Å². The van der Waals surface area contributed by atoms with E-state index in [0.29, 0.717) is 5.69 Å². The summed E-state index contributed by atoms with van der Waals surface area (Å²) in [4.78, 5) is 16.0. The van der Waals surface area contributed by atoms with Gasteiger partial charge in [-0.05, 0) is 31.2 Å². The first kappa shape index (κ1) is 18.0. The van der Waals surface area contributed by atoms with Crippen LogP contribution in [-0.4, -0.2) is 54.7 Å². The normalized spacial score (nSPS) is 11.5. The number of amides is 2. The van der Waals surface area contributed by atoms with Crippen molar-refractivity contribution in [3.8, 4) is 5.69 Å². The lowest BCUT2D eigenvalue weighted by atomic mass is 10.2. The number of imidazole rings is 1. The Hall–Kier alpha value is -2.39. The molecule has 0 fully saturated rings. The van der Waals surface area contributed by atoms with Crippen molar-refractivity contribution in [3.05, 3.63) is 42.5 Å². The number of nitrogens with one attached hydrogen (secondary N) is 2. The van der Waals surface area contributed by atoms with E-state index in [2.05, 4.69) is 15.6 Å². The Balaban J connectivity index is 1.88. The molecular weight excluding hydrogens is 330 g/mol. The molecule has 9 heteroatoms. The Labute approximate surface area is 141 Å². The second-order valence-corrected chi connectivity index (χ2v) is 7.67. The third-order valence-electron chi connectivity index (χ3n) is 3.43. The van der Waals surface area contributed by atoms with Gasteiger partial charge < -0.3 is 15.2 Å². The van der Waals surface area contributed by atoms with E-state index in [1.807, 2.05) is 29.8 Å². The van der Waals surface area contributed by atoms with Crippen molar-refractivity contribution in [1.29, 1.82) is 0 Å². The zero-order chi connectivity index (χ0) is 17.7. The highest BCUT2D eigenvalue weighted by molar-refractivity contribution is 7.89. The van der Waals surface area contributed by atoms with Gasteiger partial charge in [0.25, 0.3) is 0 Å². The molecule has 0 radical (unpaired) electrons. The maximum absolute atomic E-state index is 11.8. The number of urea groups is 1. The number of rotatable bonds is 6. The van der Waals surface area contributed by atoms with Crippen molar-refractivity contribution in [3.63, 3.8) is 0 Å². The summed E-state index contributed by atoms with van der Waals surface area (Å²) < 4.78 is 26.2. The number of carbonyl (C=O) groups is 1. The summed E-state index contributed by atoms with van der Waals surface area (Å²) in [6.07, 6.45) is 3.58. The summed E-state index contributed by atoms with van der Waals surface area (Å²) in [5.41, 5.74) is 1.55. The predicted octanol–water partition coefficient (Wildman–Crippen LogP) is 1.19. The number of anilines is 1. The number of aryl methyl sites for hydroxylation is 1. The van der Waals surface area contributed by atoms with E-state index >= 15 is 0 Å². The van der Waals surface area contributed by atoms with Crippen LogP contribution in [0.15, 0.2) is 36.7 Å². The largest absolute Gasteiger partial charge is 0.337 e. The van der Waals surface area contributed by atoms with Crippen LogP contribution < -0.4 is 10.6 Å². The van der Waals surface area contributed by atoms with Crippen LogP contribution in [0.1, 0.15) is 5.82 Å². The lowest BCUT2D eigenvalue weighted by Crippen LogP contribution is -2.36. The minimum Gasteiger partial charge on any atom is -0.337 e. The fourth-order valence-corrected chi connectivity index (χ4v) is 2.73. The van der Waals surface area contributed by atoms with E-state index in [1.165, 1.54) is 14.1 Å². The molecule has 0 spiro atoms. The fourth-order valence-electron chi connectivity index (χ4n) is 2.01. The molecule has 0 saturated carbocycles. The first-order valence-electron chi connectivity index (χ1n) is 7.35. The number of carbonyl (C=O) groups excluding carboxylic acids is 1. The van der Waals surface area contributed by atoms with Crippen molar-refractivity contribution >= 4 is 21.7 Å². The zero-order valence-electron chi connectivity index (χ0n) is 13.9. The second-order valence-electron chi connectivity index (χ2n) is 5.37. The molecule has 2 N–H and O–H groups in total. The molecular formula is C15H21N5O3S. The molecule has 8 nitrogen and oxygen atoms in total. The molecule has 0 atom stereocenters. The molecule has 0 aliphatic rings. The second kappa shape index (κ2) is 7.45. The van der Waals surface area contributed by atoms with Gasteiger partial charge in [0.1, 0.15) is 5.82 Å². The van der Waals surface area contributed by atoms with E-state index < -0.39 is 16.1 Å². The van der Waals surface area contributed by atoms with Crippen molar-refractivity contribution in [1.82, 2.24) is 19.2 Å². The first-order valence-corrected chi connectivity index (χ1v) is 8.96. The zero-order valence-corrected chi connectivity index (χ0v) is 14.7. The molecule has 0 bridgehead atoms. The van der Waals surface area contributed by atoms with Crippen molar-refractivity contribution in [2.45, 2.75) is 6.92 Å². The van der Waals surface area contributed by atoms with E-state index in [0.717, 1.165) is 15.8 Å². The molecule has 24 heavy (non-hydrogen) atoms. The van der Waals surface area contributed by atoms with Gasteiger partial charge in [0.05, 0.1) is 5.75 Å².